The van der Waals surface area contributed by atoms with E-state index in [4.69, 9.17) is 0 Å². The molecular formula is C19H25NO2. The first-order chi connectivity index (χ1) is 10.6. The minimum Gasteiger partial charge on any atom is -0.383 e. The number of pyridine rings is 1. The van der Waals surface area contributed by atoms with Gasteiger partial charge in [0.1, 0.15) is 6.10 Å². The highest BCUT2D eigenvalue weighted by atomic mass is 16.3. The fourth-order valence-electron chi connectivity index (χ4n) is 2.66. The van der Waals surface area contributed by atoms with E-state index in [1.807, 2.05) is 24.3 Å². The zero-order valence-corrected chi connectivity index (χ0v) is 13.4. The smallest absolute Gasteiger partial charge is 0.192 e. The molecule has 22 heavy (non-hydrogen) atoms. The molecule has 0 radical (unpaired) electrons. The molecule has 0 aliphatic heterocycles. The van der Waals surface area contributed by atoms with Gasteiger partial charge in [-0.25, -0.2) is 0 Å². The highest BCUT2D eigenvalue weighted by Crippen LogP contribution is 2.18. The van der Waals surface area contributed by atoms with E-state index in [9.17, 15) is 9.90 Å². The fourth-order valence-corrected chi connectivity index (χ4v) is 2.66. The van der Waals surface area contributed by atoms with Gasteiger partial charge in [0.15, 0.2) is 5.43 Å². The van der Waals surface area contributed by atoms with Crippen molar-refractivity contribution in [1.82, 2.24) is 4.98 Å². The number of benzene rings is 1. The quantitative estimate of drug-likeness (QED) is 0.588. The van der Waals surface area contributed by atoms with Gasteiger partial charge in [-0.3, -0.25) is 4.79 Å². The zero-order chi connectivity index (χ0) is 15.9. The van der Waals surface area contributed by atoms with Crippen LogP contribution in [0.3, 0.4) is 0 Å². The van der Waals surface area contributed by atoms with E-state index in [-0.39, 0.29) is 5.43 Å². The predicted molar refractivity (Wildman–Crippen MR) is 92.2 cm³/mol. The topological polar surface area (TPSA) is 53.1 Å². The molecule has 0 saturated carbocycles. The van der Waals surface area contributed by atoms with E-state index in [1.165, 1.54) is 19.3 Å². The molecule has 118 valence electrons. The molecule has 0 amide bonds. The van der Waals surface area contributed by atoms with Gasteiger partial charge in [0.2, 0.25) is 0 Å². The molecule has 1 aromatic carbocycles. The summed E-state index contributed by atoms with van der Waals surface area (Å²) < 4.78 is 0. The standard InChI is InChI=1S/C19H25NO2/c1-3-4-5-6-7-8-13-17(21)18-14(2)19(22)15-11-9-10-12-16(15)20-18/h8-13,17,21H,3-7H2,1-2H3,(H,20,22). The van der Waals surface area contributed by atoms with E-state index >= 15 is 0 Å². The maximum Gasteiger partial charge on any atom is 0.192 e. The first-order valence-electron chi connectivity index (χ1n) is 8.11. The van der Waals surface area contributed by atoms with E-state index in [0.29, 0.717) is 16.6 Å². The van der Waals surface area contributed by atoms with Crippen LogP contribution in [0.5, 0.6) is 0 Å². The lowest BCUT2D eigenvalue weighted by molar-refractivity contribution is 0.222. The van der Waals surface area contributed by atoms with Crippen LogP contribution in [0, 0.1) is 6.92 Å². The Morgan fingerprint density at radius 1 is 1.23 bits per heavy atom. The van der Waals surface area contributed by atoms with Crippen LogP contribution >= 0.6 is 0 Å². The fraction of sp³-hybridized carbons (Fsp3) is 0.421. The maximum atomic E-state index is 12.3. The van der Waals surface area contributed by atoms with Crippen LogP contribution in [0.4, 0.5) is 0 Å². The summed E-state index contributed by atoms with van der Waals surface area (Å²) in [5.74, 6) is 0. The summed E-state index contributed by atoms with van der Waals surface area (Å²) in [5.41, 5.74) is 1.93. The Balaban J connectivity index is 2.14. The van der Waals surface area contributed by atoms with Gasteiger partial charge in [-0.2, -0.15) is 0 Å². The van der Waals surface area contributed by atoms with Gasteiger partial charge < -0.3 is 10.1 Å². The number of fused-ring (bicyclic) bond motifs is 1. The monoisotopic (exact) mass is 299 g/mol. The third kappa shape index (κ3) is 3.86. The van der Waals surface area contributed by atoms with Crippen LogP contribution in [0.2, 0.25) is 0 Å². The van der Waals surface area contributed by atoms with E-state index in [0.717, 1.165) is 18.4 Å². The Kier molecular flexibility index (Phi) is 5.96. The highest BCUT2D eigenvalue weighted by Gasteiger charge is 2.12. The van der Waals surface area contributed by atoms with Crippen molar-refractivity contribution in [2.45, 2.75) is 52.1 Å². The number of nitrogens with one attached hydrogen (secondary N) is 1. The Morgan fingerprint density at radius 2 is 2.00 bits per heavy atom. The number of hydrogen-bond acceptors (Lipinski definition) is 2. The van der Waals surface area contributed by atoms with Gasteiger partial charge in [-0.05, 0) is 31.9 Å². The first kappa shape index (κ1) is 16.5. The molecule has 1 heterocycles. The molecule has 0 bridgehead atoms. The van der Waals surface area contributed by atoms with Crippen LogP contribution in [-0.2, 0) is 0 Å². The number of aromatic amines is 1. The number of allylic oxidation sites excluding steroid dienone is 1. The van der Waals surface area contributed by atoms with Crippen molar-refractivity contribution in [2.24, 2.45) is 0 Å². The second-order valence-corrected chi connectivity index (χ2v) is 5.76. The summed E-state index contributed by atoms with van der Waals surface area (Å²) in [6.07, 6.45) is 8.84. The molecule has 0 saturated heterocycles. The Labute approximate surface area is 131 Å². The molecule has 1 atom stereocenters. The molecular weight excluding hydrogens is 274 g/mol. The van der Waals surface area contributed by atoms with E-state index in [1.54, 1.807) is 19.1 Å². The van der Waals surface area contributed by atoms with Gasteiger partial charge in [0, 0.05) is 16.5 Å². The second kappa shape index (κ2) is 7.95. The summed E-state index contributed by atoms with van der Waals surface area (Å²) in [7, 11) is 0. The van der Waals surface area contributed by atoms with Crippen molar-refractivity contribution in [3.8, 4) is 0 Å². The zero-order valence-electron chi connectivity index (χ0n) is 13.4. The molecule has 2 aromatic rings. The van der Waals surface area contributed by atoms with Gasteiger partial charge in [-0.15, -0.1) is 0 Å². The lowest BCUT2D eigenvalue weighted by Gasteiger charge is -2.11. The number of rotatable bonds is 7. The summed E-state index contributed by atoms with van der Waals surface area (Å²) >= 11 is 0. The average Bonchev–Trinajstić information content (AvgIpc) is 2.54. The van der Waals surface area contributed by atoms with Crippen LogP contribution in [0.1, 0.15) is 56.4 Å². The van der Waals surface area contributed by atoms with Crippen molar-refractivity contribution in [3.05, 3.63) is 57.9 Å². The minimum absolute atomic E-state index is 0.0141. The van der Waals surface area contributed by atoms with Crippen molar-refractivity contribution >= 4 is 10.9 Å². The normalized spacial score (nSPS) is 13.0. The van der Waals surface area contributed by atoms with Crippen LogP contribution < -0.4 is 5.43 Å². The Morgan fingerprint density at radius 3 is 2.77 bits per heavy atom. The van der Waals surface area contributed by atoms with Crippen molar-refractivity contribution in [3.63, 3.8) is 0 Å². The van der Waals surface area contributed by atoms with Gasteiger partial charge in [0.25, 0.3) is 0 Å². The Bertz CT molecular complexity index is 700. The van der Waals surface area contributed by atoms with Gasteiger partial charge in [-0.1, -0.05) is 50.5 Å². The lowest BCUT2D eigenvalue weighted by atomic mass is 10.0. The Hall–Kier alpha value is -1.87. The SMILES string of the molecule is CCCCCCC=CC(O)c1[nH]c2ccccc2c(=O)c1C. The molecule has 0 aliphatic rings. The molecule has 1 unspecified atom stereocenters. The molecule has 2 N–H and O–H groups in total. The maximum absolute atomic E-state index is 12.3. The summed E-state index contributed by atoms with van der Waals surface area (Å²) in [6.45, 7) is 3.96. The molecule has 3 nitrogen and oxygen atoms in total. The van der Waals surface area contributed by atoms with Crippen molar-refractivity contribution < 1.29 is 5.11 Å². The molecule has 3 heteroatoms. The number of para-hydroxylation sites is 1. The summed E-state index contributed by atoms with van der Waals surface area (Å²) in [5, 5.41) is 11.0. The average molecular weight is 299 g/mol. The minimum atomic E-state index is -0.761. The van der Waals surface area contributed by atoms with E-state index in [2.05, 4.69) is 11.9 Å². The van der Waals surface area contributed by atoms with E-state index < -0.39 is 6.10 Å². The lowest BCUT2D eigenvalue weighted by Crippen LogP contribution is -2.13. The number of aliphatic hydroxyl groups excluding tert-OH is 1. The molecule has 0 spiro atoms. The van der Waals surface area contributed by atoms with Crippen LogP contribution in [-0.4, -0.2) is 10.1 Å². The number of aliphatic hydroxyl groups is 1. The number of unbranched alkanes of at least 4 members (excludes halogenated alkanes) is 4. The van der Waals surface area contributed by atoms with Gasteiger partial charge in [0.05, 0.1) is 5.69 Å². The third-order valence-corrected chi connectivity index (χ3v) is 4.02. The number of hydrogen-bond donors (Lipinski definition) is 2. The molecule has 2 rings (SSSR count). The summed E-state index contributed by atoms with van der Waals surface area (Å²) in [6, 6.07) is 7.40. The highest BCUT2D eigenvalue weighted by molar-refractivity contribution is 5.79. The van der Waals surface area contributed by atoms with Crippen molar-refractivity contribution in [1.29, 1.82) is 0 Å². The third-order valence-electron chi connectivity index (χ3n) is 4.02. The molecule has 0 fully saturated rings. The number of aromatic nitrogens is 1. The van der Waals surface area contributed by atoms with Gasteiger partial charge >= 0.3 is 0 Å². The van der Waals surface area contributed by atoms with Crippen LogP contribution in [0.15, 0.2) is 41.2 Å². The second-order valence-electron chi connectivity index (χ2n) is 5.76. The largest absolute Gasteiger partial charge is 0.383 e. The molecule has 0 aliphatic carbocycles. The summed E-state index contributed by atoms with van der Waals surface area (Å²) in [4.78, 5) is 15.5. The van der Waals surface area contributed by atoms with Crippen LogP contribution in [0.25, 0.3) is 10.9 Å². The first-order valence-corrected chi connectivity index (χ1v) is 8.11. The van der Waals surface area contributed by atoms with Crippen molar-refractivity contribution in [2.75, 3.05) is 0 Å². The number of H-pyrrole nitrogens is 1. The predicted octanol–water partition coefficient (Wildman–Crippen LogP) is 4.40. The molecule has 1 aromatic heterocycles.